The van der Waals surface area contributed by atoms with E-state index in [1.807, 2.05) is 6.08 Å². The minimum Gasteiger partial charge on any atom is -0.251 e. The molecule has 0 saturated heterocycles. The average Bonchev–Trinajstić information content (AvgIpc) is 2.89. The molecule has 1 aliphatic rings. The zero-order chi connectivity index (χ0) is 13.9. The molecule has 1 aromatic rings. The van der Waals surface area contributed by atoms with Crippen LogP contribution in [-0.4, -0.2) is 6.67 Å². The van der Waals surface area contributed by atoms with Gasteiger partial charge in [0.05, 0.1) is 6.67 Å². The fourth-order valence-electron chi connectivity index (χ4n) is 2.17. The highest BCUT2D eigenvalue weighted by atomic mass is 19.1. The molecule has 1 aromatic carbocycles. The Hall–Kier alpha value is -1.51. The van der Waals surface area contributed by atoms with Gasteiger partial charge in [0.1, 0.15) is 6.04 Å². The predicted octanol–water partition coefficient (Wildman–Crippen LogP) is 4.88. The molecule has 0 bridgehead atoms. The molecule has 0 aliphatic carbocycles. The van der Waals surface area contributed by atoms with Gasteiger partial charge in [-0.15, -0.1) is 0 Å². The third kappa shape index (κ3) is 3.49. The van der Waals surface area contributed by atoms with Crippen molar-refractivity contribution in [2.24, 2.45) is 21.6 Å². The van der Waals surface area contributed by atoms with Crippen molar-refractivity contribution < 1.29 is 4.39 Å². The number of alkyl halides is 1. The molecule has 0 radical (unpaired) electrons. The molecule has 1 aliphatic heterocycles. The summed E-state index contributed by atoms with van der Waals surface area (Å²) in [5.74, 6) is 0.0596. The lowest BCUT2D eigenvalue weighted by Crippen LogP contribution is -2.24. The van der Waals surface area contributed by atoms with Crippen LogP contribution in [0.4, 0.5) is 4.39 Å². The van der Waals surface area contributed by atoms with E-state index >= 15 is 0 Å². The van der Waals surface area contributed by atoms with Crippen molar-refractivity contribution in [3.63, 3.8) is 0 Å². The Labute approximate surface area is 114 Å². The molecule has 1 heterocycles. The van der Waals surface area contributed by atoms with Gasteiger partial charge in [0.2, 0.25) is 0 Å². The van der Waals surface area contributed by atoms with E-state index in [2.05, 4.69) is 55.3 Å². The maximum absolute atomic E-state index is 13.1. The van der Waals surface area contributed by atoms with Crippen molar-refractivity contribution >= 4 is 0 Å². The van der Waals surface area contributed by atoms with E-state index in [-0.39, 0.29) is 24.0 Å². The van der Waals surface area contributed by atoms with Crippen molar-refractivity contribution in [2.75, 3.05) is 6.67 Å². The summed E-state index contributed by atoms with van der Waals surface area (Å²) in [5, 5.41) is 7.96. The van der Waals surface area contributed by atoms with Gasteiger partial charge in [0, 0.05) is 6.20 Å². The molecule has 2 rings (SSSR count). The van der Waals surface area contributed by atoms with E-state index in [9.17, 15) is 4.39 Å². The number of halogens is 1. The number of hydrogen-bond acceptors (Lipinski definition) is 2. The summed E-state index contributed by atoms with van der Waals surface area (Å²) in [7, 11) is 0. The molecule has 0 N–H and O–H groups in total. The number of hydrogen-bond donors (Lipinski definition) is 0. The van der Waals surface area contributed by atoms with Crippen LogP contribution in [0.15, 0.2) is 46.8 Å². The molecule has 0 fully saturated rings. The number of rotatable bonds is 4. The van der Waals surface area contributed by atoms with Gasteiger partial charge in [-0.1, -0.05) is 45.0 Å². The lowest BCUT2D eigenvalue weighted by atomic mass is 9.78. The first-order chi connectivity index (χ1) is 9.00. The second kappa shape index (κ2) is 5.64. The summed E-state index contributed by atoms with van der Waals surface area (Å²) >= 11 is 0. The van der Waals surface area contributed by atoms with Crippen LogP contribution in [0.3, 0.4) is 0 Å². The van der Waals surface area contributed by atoms with Crippen LogP contribution in [-0.2, 0) is 6.42 Å². The molecule has 0 amide bonds. The quantitative estimate of drug-likeness (QED) is 0.737. The Kier molecular flexibility index (Phi) is 4.13. The molecule has 0 spiro atoms. The van der Waals surface area contributed by atoms with Crippen LogP contribution in [0.2, 0.25) is 0 Å². The highest BCUT2D eigenvalue weighted by molar-refractivity contribution is 5.28. The van der Waals surface area contributed by atoms with Crippen LogP contribution in [0.25, 0.3) is 0 Å². The van der Waals surface area contributed by atoms with Gasteiger partial charge in [-0.25, -0.2) is 0 Å². The van der Waals surface area contributed by atoms with Crippen LogP contribution in [0.5, 0.6) is 0 Å². The summed E-state index contributed by atoms with van der Waals surface area (Å²) in [6, 6.07) is 8.32. The van der Waals surface area contributed by atoms with E-state index < -0.39 is 0 Å². The zero-order valence-electron chi connectivity index (χ0n) is 11.8. The third-order valence-electron chi connectivity index (χ3n) is 3.74. The topological polar surface area (TPSA) is 24.7 Å². The van der Waals surface area contributed by atoms with Crippen LogP contribution < -0.4 is 0 Å². The van der Waals surface area contributed by atoms with Gasteiger partial charge in [0.15, 0.2) is 0 Å². The fourth-order valence-corrected chi connectivity index (χ4v) is 2.17. The van der Waals surface area contributed by atoms with Crippen LogP contribution in [0, 0.1) is 11.3 Å². The molecule has 0 aromatic heterocycles. The normalized spacial score (nSPS) is 19.9. The Morgan fingerprint density at radius 2 is 1.89 bits per heavy atom. The second-order valence-electron chi connectivity index (χ2n) is 6.18. The summed E-state index contributed by atoms with van der Waals surface area (Å²) < 4.78 is 13.1. The van der Waals surface area contributed by atoms with E-state index in [0.29, 0.717) is 0 Å². The lowest BCUT2D eigenvalue weighted by molar-refractivity contribution is 0.190. The van der Waals surface area contributed by atoms with Crippen molar-refractivity contribution in [3.05, 3.63) is 47.7 Å². The first kappa shape index (κ1) is 13.9. The van der Waals surface area contributed by atoms with Gasteiger partial charge in [-0.2, -0.15) is 10.2 Å². The smallest absolute Gasteiger partial charge is 0.116 e. The summed E-state index contributed by atoms with van der Waals surface area (Å²) in [6.07, 6.45) is 4.47. The molecule has 2 nitrogen and oxygen atoms in total. The van der Waals surface area contributed by atoms with Crippen molar-refractivity contribution in [1.29, 1.82) is 0 Å². The Bertz CT molecular complexity index is 457. The Morgan fingerprint density at radius 3 is 2.37 bits per heavy atom. The number of benzene rings is 1. The van der Waals surface area contributed by atoms with Gasteiger partial charge in [-0.05, 0) is 35.0 Å². The Morgan fingerprint density at radius 1 is 1.21 bits per heavy atom. The molecule has 0 saturated carbocycles. The summed E-state index contributed by atoms with van der Waals surface area (Å²) in [6.45, 7) is 6.00. The van der Waals surface area contributed by atoms with Gasteiger partial charge >= 0.3 is 0 Å². The van der Waals surface area contributed by atoms with Crippen LogP contribution >= 0.6 is 0 Å². The first-order valence-electron chi connectivity index (χ1n) is 6.72. The number of azo groups is 1. The third-order valence-corrected chi connectivity index (χ3v) is 3.74. The largest absolute Gasteiger partial charge is 0.251 e. The molecule has 3 heteroatoms. The highest BCUT2D eigenvalue weighted by Crippen LogP contribution is 2.30. The first-order valence-corrected chi connectivity index (χ1v) is 6.72. The fraction of sp³-hybridized carbons (Fsp3) is 0.500. The van der Waals surface area contributed by atoms with E-state index in [4.69, 9.17) is 0 Å². The van der Waals surface area contributed by atoms with Crippen molar-refractivity contribution in [3.8, 4) is 0 Å². The molecular formula is C16H21FN2. The van der Waals surface area contributed by atoms with E-state index in [1.165, 1.54) is 5.56 Å². The van der Waals surface area contributed by atoms with E-state index in [1.54, 1.807) is 6.20 Å². The van der Waals surface area contributed by atoms with Crippen molar-refractivity contribution in [1.82, 2.24) is 0 Å². The molecule has 102 valence electrons. The summed E-state index contributed by atoms with van der Waals surface area (Å²) in [4.78, 5) is 0. The maximum atomic E-state index is 13.1. The standard InChI is InChI=1S/C16H21FN2/c1-16(2,3)14(11-17)10-12-4-6-13(7-5-12)15-8-9-18-19-15/h4-9,14-15H,10-11H2,1-3H3. The molecule has 2 atom stereocenters. The molecular weight excluding hydrogens is 239 g/mol. The monoisotopic (exact) mass is 260 g/mol. The minimum absolute atomic E-state index is 0.00414. The van der Waals surface area contributed by atoms with Gasteiger partial charge < -0.3 is 0 Å². The molecule has 19 heavy (non-hydrogen) atoms. The average molecular weight is 260 g/mol. The van der Waals surface area contributed by atoms with Crippen LogP contribution in [0.1, 0.15) is 37.9 Å². The number of nitrogens with zero attached hydrogens (tertiary/aromatic N) is 2. The lowest BCUT2D eigenvalue weighted by Gasteiger charge is -2.28. The summed E-state index contributed by atoms with van der Waals surface area (Å²) in [5.41, 5.74) is 2.31. The second-order valence-corrected chi connectivity index (χ2v) is 6.18. The highest BCUT2D eigenvalue weighted by Gasteiger charge is 2.24. The molecule has 2 unspecified atom stereocenters. The predicted molar refractivity (Wildman–Crippen MR) is 75.8 cm³/mol. The van der Waals surface area contributed by atoms with Gasteiger partial charge in [-0.3, -0.25) is 4.39 Å². The maximum Gasteiger partial charge on any atom is 0.116 e. The minimum atomic E-state index is -0.273. The van der Waals surface area contributed by atoms with E-state index in [0.717, 1.165) is 12.0 Å². The van der Waals surface area contributed by atoms with Crippen molar-refractivity contribution in [2.45, 2.75) is 33.2 Å². The Balaban J connectivity index is 2.06. The van der Waals surface area contributed by atoms with Gasteiger partial charge in [0.25, 0.3) is 0 Å². The zero-order valence-corrected chi connectivity index (χ0v) is 11.8. The SMILES string of the molecule is CC(C)(C)C(CF)Cc1ccc(C2C=CN=N2)cc1.